The van der Waals surface area contributed by atoms with Crippen molar-refractivity contribution < 1.29 is 23.7 Å². The quantitative estimate of drug-likeness (QED) is 0.261. The van der Waals surface area contributed by atoms with E-state index in [1.165, 1.54) is 11.1 Å². The van der Waals surface area contributed by atoms with Gasteiger partial charge in [-0.25, -0.2) is 4.79 Å². The lowest BCUT2D eigenvalue weighted by molar-refractivity contribution is -0.0360. The molecule has 1 saturated heterocycles. The molecular weight excluding hydrogens is 556 g/mol. The molecule has 1 fully saturated rings. The molecule has 0 spiro atoms. The minimum absolute atomic E-state index is 0.343. The number of hydrogen-bond acceptors (Lipinski definition) is 8. The van der Waals surface area contributed by atoms with E-state index in [-0.39, 0.29) is 6.09 Å². The number of carbonyl (C=O) groups excluding carboxylic acids is 1. The van der Waals surface area contributed by atoms with Gasteiger partial charge in [-0.2, -0.15) is 0 Å². The predicted octanol–water partition coefficient (Wildman–Crippen LogP) is 6.90. The van der Waals surface area contributed by atoms with E-state index in [4.69, 9.17) is 13.8 Å². The number of likely N-dealkylation sites (tertiary alicyclic amines) is 1. The molecule has 2 aliphatic rings. The van der Waals surface area contributed by atoms with E-state index in [9.17, 15) is 9.90 Å². The van der Waals surface area contributed by atoms with E-state index in [2.05, 4.69) is 33.8 Å². The van der Waals surface area contributed by atoms with Crippen molar-refractivity contribution in [1.29, 1.82) is 0 Å². The van der Waals surface area contributed by atoms with Crippen molar-refractivity contribution in [2.75, 3.05) is 26.2 Å². The van der Waals surface area contributed by atoms with Crippen molar-refractivity contribution in [3.05, 3.63) is 89.4 Å². The third-order valence-electron chi connectivity index (χ3n) is 7.91. The first-order chi connectivity index (χ1) is 21.1. The monoisotopic (exact) mass is 598 g/mol. The largest absolute Gasteiger partial charge is 0.444 e. The Balaban J connectivity index is 0.000000186. The highest BCUT2D eigenvalue weighted by Gasteiger charge is 2.41. The van der Waals surface area contributed by atoms with Crippen LogP contribution in [0.5, 0.6) is 0 Å². The maximum Gasteiger partial charge on any atom is 0.410 e. The van der Waals surface area contributed by atoms with Crippen LogP contribution < -0.4 is 5.32 Å². The van der Waals surface area contributed by atoms with Crippen LogP contribution in [0.1, 0.15) is 62.7 Å². The van der Waals surface area contributed by atoms with Crippen LogP contribution in [0.15, 0.2) is 75.8 Å². The number of rotatable bonds is 4. The van der Waals surface area contributed by atoms with Crippen LogP contribution in [-0.2, 0) is 10.3 Å². The second-order valence-electron chi connectivity index (χ2n) is 12.3. The number of hydrogen-bond donors (Lipinski definition) is 2. The zero-order valence-electron chi connectivity index (χ0n) is 26.2. The van der Waals surface area contributed by atoms with Crippen molar-refractivity contribution >= 4 is 11.7 Å². The number of aryl methyl sites for hydroxylation is 2. The van der Waals surface area contributed by atoms with E-state index in [0.29, 0.717) is 42.9 Å². The van der Waals surface area contributed by atoms with Gasteiger partial charge in [0.1, 0.15) is 28.5 Å². The van der Waals surface area contributed by atoms with Gasteiger partial charge in [0.15, 0.2) is 0 Å². The molecule has 9 heteroatoms. The molecule has 2 aliphatic heterocycles. The number of ether oxygens (including phenoxy) is 1. The van der Waals surface area contributed by atoms with Gasteiger partial charge in [-0.05, 0) is 66.0 Å². The molecule has 6 rings (SSSR count). The highest BCUT2D eigenvalue weighted by molar-refractivity contribution is 5.80. The number of nitrogens with one attached hydrogen (secondary N) is 1. The third-order valence-corrected chi connectivity index (χ3v) is 7.91. The summed E-state index contributed by atoms with van der Waals surface area (Å²) in [5, 5.41) is 23.0. The van der Waals surface area contributed by atoms with Gasteiger partial charge in [0, 0.05) is 36.3 Å². The first-order valence-electron chi connectivity index (χ1n) is 15.2. The average Bonchev–Trinajstić information content (AvgIpc) is 3.61. The molecular formula is C35H42N4O5. The Morgan fingerprint density at radius 1 is 0.909 bits per heavy atom. The van der Waals surface area contributed by atoms with Gasteiger partial charge in [0.05, 0.1) is 11.2 Å². The van der Waals surface area contributed by atoms with E-state index < -0.39 is 11.2 Å². The van der Waals surface area contributed by atoms with E-state index in [1.54, 1.807) is 4.90 Å². The summed E-state index contributed by atoms with van der Waals surface area (Å²) in [6.45, 7) is 12.1. The summed E-state index contributed by atoms with van der Waals surface area (Å²) >= 11 is 0. The fourth-order valence-electron chi connectivity index (χ4n) is 5.74. The van der Waals surface area contributed by atoms with Gasteiger partial charge >= 0.3 is 6.09 Å². The highest BCUT2D eigenvalue weighted by atomic mass is 16.6. The van der Waals surface area contributed by atoms with E-state index >= 15 is 0 Å². The van der Waals surface area contributed by atoms with Crippen molar-refractivity contribution in [2.45, 2.75) is 65.1 Å². The first kappa shape index (κ1) is 31.2. The lowest BCUT2D eigenvalue weighted by Gasteiger charge is -2.38. The summed E-state index contributed by atoms with van der Waals surface area (Å²) in [6.07, 6.45) is 3.74. The Bertz CT molecular complexity index is 1580. The third kappa shape index (κ3) is 7.11. The van der Waals surface area contributed by atoms with Crippen molar-refractivity contribution in [2.24, 2.45) is 0 Å². The molecule has 4 heterocycles. The number of aliphatic hydroxyl groups is 1. The van der Waals surface area contributed by atoms with Crippen LogP contribution in [0, 0.1) is 13.8 Å². The maximum absolute atomic E-state index is 12.3. The fourth-order valence-corrected chi connectivity index (χ4v) is 5.74. The Hall–Kier alpha value is -4.21. The minimum atomic E-state index is -1.08. The van der Waals surface area contributed by atoms with Crippen LogP contribution in [0.4, 0.5) is 4.79 Å². The second kappa shape index (κ2) is 13.2. The molecule has 232 valence electrons. The molecule has 2 aromatic heterocycles. The fraction of sp³-hybridized carbons (Fsp3) is 0.400. The number of piperidine rings is 1. The van der Waals surface area contributed by atoms with Crippen molar-refractivity contribution in [1.82, 2.24) is 20.5 Å². The summed E-state index contributed by atoms with van der Waals surface area (Å²) in [5.74, 6) is 1.51. The number of nitrogens with zero attached hydrogens (tertiary/aromatic N) is 3. The van der Waals surface area contributed by atoms with Crippen molar-refractivity contribution in [3.8, 4) is 22.5 Å². The van der Waals surface area contributed by atoms with Crippen LogP contribution in [-0.4, -0.2) is 58.2 Å². The number of carbonyl (C=O) groups is 1. The zero-order valence-corrected chi connectivity index (χ0v) is 26.2. The van der Waals surface area contributed by atoms with Gasteiger partial charge in [-0.1, -0.05) is 77.1 Å². The summed E-state index contributed by atoms with van der Waals surface area (Å²) in [4.78, 5) is 13.9. The normalized spacial score (nSPS) is 16.5. The topological polar surface area (TPSA) is 114 Å². The van der Waals surface area contributed by atoms with Gasteiger partial charge in [-0.3, -0.25) is 0 Å². The molecule has 2 aromatic carbocycles. The summed E-state index contributed by atoms with van der Waals surface area (Å²) in [5.41, 5.74) is 5.26. The van der Waals surface area contributed by atoms with Crippen LogP contribution in [0.25, 0.3) is 28.1 Å². The zero-order chi connectivity index (χ0) is 31.3. The Kier molecular flexibility index (Phi) is 9.36. The summed E-state index contributed by atoms with van der Waals surface area (Å²) < 4.78 is 16.2. The van der Waals surface area contributed by atoms with E-state index in [1.807, 2.05) is 83.1 Å². The van der Waals surface area contributed by atoms with Crippen LogP contribution >= 0.6 is 0 Å². The first-order valence-corrected chi connectivity index (χ1v) is 15.2. The lowest BCUT2D eigenvalue weighted by atomic mass is 9.82. The van der Waals surface area contributed by atoms with Gasteiger partial charge in [0.2, 0.25) is 0 Å². The Labute approximate surface area is 258 Å². The average molecular weight is 599 g/mol. The number of amides is 1. The Morgan fingerprint density at radius 3 is 2.05 bits per heavy atom. The molecule has 0 unspecified atom stereocenters. The van der Waals surface area contributed by atoms with Gasteiger partial charge in [-0.15, -0.1) is 0 Å². The standard InChI is InChI=1S/C20H26N2O4.C15H16N2O/c1-14-16(17(21-26-14)15-8-6-5-7-9-15)20(24)10-12-22(13-11-20)18(23)25-19(2,3)4;1-11-14(12-7-9-16-10-8-12)15(17-18-11)13-5-3-2-4-6-13/h5-9,24H,10-13H2,1-4H3;2-7,16H,8-10H2,1H3. The smallest absolute Gasteiger partial charge is 0.410 e. The molecule has 0 aliphatic carbocycles. The molecule has 0 saturated carbocycles. The van der Waals surface area contributed by atoms with Gasteiger partial charge < -0.3 is 29.1 Å². The molecule has 44 heavy (non-hydrogen) atoms. The lowest BCUT2D eigenvalue weighted by Crippen LogP contribution is -2.47. The molecule has 2 N–H and O–H groups in total. The van der Waals surface area contributed by atoms with Crippen LogP contribution in [0.2, 0.25) is 0 Å². The van der Waals surface area contributed by atoms with E-state index in [0.717, 1.165) is 42.1 Å². The predicted molar refractivity (Wildman–Crippen MR) is 170 cm³/mol. The molecule has 0 atom stereocenters. The van der Waals surface area contributed by atoms with Crippen molar-refractivity contribution in [3.63, 3.8) is 0 Å². The Morgan fingerprint density at radius 2 is 1.48 bits per heavy atom. The second-order valence-corrected chi connectivity index (χ2v) is 12.3. The molecule has 0 bridgehead atoms. The highest BCUT2D eigenvalue weighted by Crippen LogP contribution is 2.40. The summed E-state index contributed by atoms with van der Waals surface area (Å²) in [6, 6.07) is 19.9. The maximum atomic E-state index is 12.3. The SMILES string of the molecule is Cc1onc(-c2ccccc2)c1C1(O)CCN(C(=O)OC(C)(C)C)CC1.Cc1onc(-c2ccccc2)c1C1=CCNCC1. The minimum Gasteiger partial charge on any atom is -0.444 e. The molecule has 9 nitrogen and oxygen atoms in total. The molecule has 4 aromatic rings. The number of aromatic nitrogens is 2. The molecule has 0 radical (unpaired) electrons. The van der Waals surface area contributed by atoms with Gasteiger partial charge in [0.25, 0.3) is 0 Å². The number of benzene rings is 2. The van der Waals surface area contributed by atoms with Crippen LogP contribution in [0.3, 0.4) is 0 Å². The summed E-state index contributed by atoms with van der Waals surface area (Å²) in [7, 11) is 0. The molecule has 1 amide bonds.